The summed E-state index contributed by atoms with van der Waals surface area (Å²) in [4.78, 5) is 14.1. The second-order valence-corrected chi connectivity index (χ2v) is 5.49. The Morgan fingerprint density at radius 2 is 2.17 bits per heavy atom. The number of hydrogen-bond acceptors (Lipinski definition) is 5. The van der Waals surface area contributed by atoms with Gasteiger partial charge in [-0.2, -0.15) is 24.2 Å². The van der Waals surface area contributed by atoms with Crippen molar-refractivity contribution in [2.75, 3.05) is 18.0 Å². The number of hydrogen-bond donors (Lipinski definition) is 2. The fraction of sp³-hybridized carbons (Fsp3) is 0.400. The predicted molar refractivity (Wildman–Crippen MR) is 82.2 cm³/mol. The Labute approximate surface area is 137 Å². The molecule has 24 heavy (non-hydrogen) atoms. The number of carbonyl (C=O) groups excluding carboxylic acids is 1. The number of nitrogens with zero attached hydrogens (tertiary/aromatic N) is 3. The summed E-state index contributed by atoms with van der Waals surface area (Å²) in [6.07, 6.45) is 3.16. The van der Waals surface area contributed by atoms with Crippen molar-refractivity contribution in [2.24, 2.45) is 0 Å². The van der Waals surface area contributed by atoms with Crippen LogP contribution in [0, 0.1) is 0 Å². The Kier molecular flexibility index (Phi) is 4.88. The van der Waals surface area contributed by atoms with Crippen LogP contribution in [-0.2, 0) is 0 Å². The lowest BCUT2D eigenvalue weighted by atomic mass is 10.0. The van der Waals surface area contributed by atoms with E-state index in [1.165, 1.54) is 18.3 Å². The maximum atomic E-state index is 12.2. The van der Waals surface area contributed by atoms with Gasteiger partial charge >= 0.3 is 6.61 Å². The van der Waals surface area contributed by atoms with Crippen LogP contribution in [0.15, 0.2) is 30.5 Å². The number of H-pyrrole nitrogens is 1. The first-order valence-corrected chi connectivity index (χ1v) is 7.58. The molecular weight excluding hydrogens is 320 g/mol. The third kappa shape index (κ3) is 3.98. The van der Waals surface area contributed by atoms with Gasteiger partial charge in [-0.3, -0.25) is 4.79 Å². The van der Waals surface area contributed by atoms with Crippen molar-refractivity contribution >= 4 is 11.6 Å². The zero-order valence-corrected chi connectivity index (χ0v) is 12.8. The first-order valence-electron chi connectivity index (χ1n) is 7.58. The van der Waals surface area contributed by atoms with Gasteiger partial charge in [0.2, 0.25) is 0 Å². The molecule has 0 aliphatic carbocycles. The van der Waals surface area contributed by atoms with E-state index in [4.69, 9.17) is 0 Å². The summed E-state index contributed by atoms with van der Waals surface area (Å²) in [5.41, 5.74) is 1.15. The highest BCUT2D eigenvalue weighted by molar-refractivity contribution is 5.92. The number of aromatic amines is 1. The highest BCUT2D eigenvalue weighted by Crippen LogP contribution is 2.23. The molecule has 9 heteroatoms. The summed E-state index contributed by atoms with van der Waals surface area (Å²) >= 11 is 0. The van der Waals surface area contributed by atoms with Gasteiger partial charge < -0.3 is 15.0 Å². The van der Waals surface area contributed by atoms with Gasteiger partial charge in [-0.1, -0.05) is 0 Å². The Hall–Kier alpha value is -2.71. The molecule has 3 rings (SSSR count). The fourth-order valence-electron chi connectivity index (χ4n) is 2.74. The molecule has 2 heterocycles. The molecule has 1 fully saturated rings. The standard InChI is InChI=1S/C15H17F2N5O2/c16-15(17)24-12-5-3-11(4-6-12)22-7-1-2-10(9-22)19-14(23)13-8-18-21-20-13/h3-6,8,10,15H,1-2,7,9H2,(H,19,23)(H,18,20,21)/t10-/m1/s1. The largest absolute Gasteiger partial charge is 0.435 e. The minimum atomic E-state index is -2.83. The number of carbonyl (C=O) groups is 1. The van der Waals surface area contributed by atoms with Crippen LogP contribution in [-0.4, -0.2) is 47.1 Å². The Morgan fingerprint density at radius 1 is 1.38 bits per heavy atom. The topological polar surface area (TPSA) is 83.1 Å². The van der Waals surface area contributed by atoms with Crippen LogP contribution in [0.2, 0.25) is 0 Å². The summed E-state index contributed by atoms with van der Waals surface area (Å²) < 4.78 is 28.7. The van der Waals surface area contributed by atoms with Crippen molar-refractivity contribution in [3.8, 4) is 5.75 Å². The van der Waals surface area contributed by atoms with E-state index in [1.54, 1.807) is 12.1 Å². The number of ether oxygens (including phenoxy) is 1. The minimum absolute atomic E-state index is 0.0139. The summed E-state index contributed by atoms with van der Waals surface area (Å²) in [6.45, 7) is -1.36. The number of nitrogens with one attached hydrogen (secondary N) is 2. The lowest BCUT2D eigenvalue weighted by Crippen LogP contribution is -2.47. The summed E-state index contributed by atoms with van der Waals surface area (Å²) in [5, 5.41) is 12.7. The lowest BCUT2D eigenvalue weighted by Gasteiger charge is -2.34. The highest BCUT2D eigenvalue weighted by Gasteiger charge is 2.23. The SMILES string of the molecule is O=C(N[C@@H]1CCCN(c2ccc(OC(F)F)cc2)C1)c1cn[nH]n1. The van der Waals surface area contributed by atoms with Gasteiger partial charge in [0, 0.05) is 24.8 Å². The summed E-state index contributed by atoms with van der Waals surface area (Å²) in [5.74, 6) is -0.141. The molecule has 2 N–H and O–H groups in total. The van der Waals surface area contributed by atoms with Gasteiger partial charge in [-0.05, 0) is 37.1 Å². The van der Waals surface area contributed by atoms with Crippen molar-refractivity contribution in [1.29, 1.82) is 0 Å². The first-order chi connectivity index (χ1) is 11.6. The van der Waals surface area contributed by atoms with E-state index < -0.39 is 6.61 Å². The number of amides is 1. The highest BCUT2D eigenvalue weighted by atomic mass is 19.3. The second-order valence-electron chi connectivity index (χ2n) is 5.49. The number of anilines is 1. The van der Waals surface area contributed by atoms with Gasteiger partial charge in [0.25, 0.3) is 5.91 Å². The number of halogens is 2. The van der Waals surface area contributed by atoms with Crippen molar-refractivity contribution in [3.05, 3.63) is 36.2 Å². The normalized spacial score (nSPS) is 17.8. The van der Waals surface area contributed by atoms with Crippen LogP contribution >= 0.6 is 0 Å². The van der Waals surface area contributed by atoms with E-state index in [0.717, 1.165) is 25.1 Å². The number of alkyl halides is 2. The maximum absolute atomic E-state index is 12.2. The molecule has 1 atom stereocenters. The minimum Gasteiger partial charge on any atom is -0.435 e. The smallest absolute Gasteiger partial charge is 0.387 e. The van der Waals surface area contributed by atoms with Crippen LogP contribution in [0.3, 0.4) is 0 Å². The molecule has 1 aromatic heterocycles. The van der Waals surface area contributed by atoms with E-state index >= 15 is 0 Å². The van der Waals surface area contributed by atoms with E-state index in [-0.39, 0.29) is 23.4 Å². The van der Waals surface area contributed by atoms with E-state index in [2.05, 4.69) is 30.4 Å². The van der Waals surface area contributed by atoms with Crippen molar-refractivity contribution in [3.63, 3.8) is 0 Å². The Bertz CT molecular complexity index is 663. The third-order valence-corrected chi connectivity index (χ3v) is 3.83. The van der Waals surface area contributed by atoms with Crippen molar-refractivity contribution in [2.45, 2.75) is 25.5 Å². The molecule has 1 aromatic carbocycles. The average molecular weight is 337 g/mol. The van der Waals surface area contributed by atoms with Gasteiger partial charge in [0.05, 0.1) is 6.20 Å². The molecular formula is C15H17F2N5O2. The third-order valence-electron chi connectivity index (χ3n) is 3.83. The van der Waals surface area contributed by atoms with Crippen LogP contribution in [0.25, 0.3) is 0 Å². The summed E-state index contributed by atoms with van der Waals surface area (Å²) in [7, 11) is 0. The summed E-state index contributed by atoms with van der Waals surface area (Å²) in [6, 6.07) is 6.48. The Morgan fingerprint density at radius 3 is 2.83 bits per heavy atom. The molecule has 1 saturated heterocycles. The van der Waals surface area contributed by atoms with Crippen molar-refractivity contribution < 1.29 is 18.3 Å². The molecule has 7 nitrogen and oxygen atoms in total. The predicted octanol–water partition coefficient (Wildman–Crippen LogP) is 1.80. The molecule has 128 valence electrons. The monoisotopic (exact) mass is 337 g/mol. The maximum Gasteiger partial charge on any atom is 0.387 e. The molecule has 0 spiro atoms. The van der Waals surface area contributed by atoms with Crippen LogP contribution in [0.1, 0.15) is 23.3 Å². The van der Waals surface area contributed by atoms with E-state index in [0.29, 0.717) is 6.54 Å². The van der Waals surface area contributed by atoms with Crippen LogP contribution in [0.4, 0.5) is 14.5 Å². The van der Waals surface area contributed by atoms with Gasteiger partial charge in [0.15, 0.2) is 5.69 Å². The molecule has 1 amide bonds. The number of rotatable bonds is 5. The zero-order valence-electron chi connectivity index (χ0n) is 12.8. The number of benzene rings is 1. The number of aromatic nitrogens is 3. The van der Waals surface area contributed by atoms with Gasteiger partial charge in [-0.25, -0.2) is 0 Å². The molecule has 0 unspecified atom stereocenters. The Balaban J connectivity index is 1.59. The molecule has 0 saturated carbocycles. The molecule has 1 aliphatic rings. The lowest BCUT2D eigenvalue weighted by molar-refractivity contribution is -0.0498. The van der Waals surface area contributed by atoms with Gasteiger partial charge in [0.1, 0.15) is 5.75 Å². The second kappa shape index (κ2) is 7.24. The molecule has 2 aromatic rings. The van der Waals surface area contributed by atoms with Crippen LogP contribution < -0.4 is 15.0 Å². The van der Waals surface area contributed by atoms with E-state index in [9.17, 15) is 13.6 Å². The fourth-order valence-corrected chi connectivity index (χ4v) is 2.74. The molecule has 0 radical (unpaired) electrons. The first kappa shape index (κ1) is 16.2. The molecule has 0 bridgehead atoms. The average Bonchev–Trinajstić information content (AvgIpc) is 3.10. The molecule has 1 aliphatic heterocycles. The number of piperidine rings is 1. The van der Waals surface area contributed by atoms with Gasteiger partial charge in [-0.15, -0.1) is 0 Å². The quantitative estimate of drug-likeness (QED) is 0.869. The van der Waals surface area contributed by atoms with E-state index in [1.807, 2.05) is 0 Å². The van der Waals surface area contributed by atoms with Crippen LogP contribution in [0.5, 0.6) is 5.75 Å². The van der Waals surface area contributed by atoms with Crippen molar-refractivity contribution in [1.82, 2.24) is 20.7 Å². The zero-order chi connectivity index (χ0) is 16.9.